The summed E-state index contributed by atoms with van der Waals surface area (Å²) in [6.07, 6.45) is 0.0123. The van der Waals surface area contributed by atoms with Crippen LogP contribution in [0.15, 0.2) is 46.7 Å². The zero-order chi connectivity index (χ0) is 23.3. The Balaban J connectivity index is 1.60. The molecule has 0 spiro atoms. The van der Waals surface area contributed by atoms with Crippen molar-refractivity contribution >= 4 is 33.2 Å². The minimum atomic E-state index is -4.07. The van der Waals surface area contributed by atoms with E-state index in [9.17, 15) is 23.1 Å². The molecule has 1 saturated heterocycles. The van der Waals surface area contributed by atoms with Gasteiger partial charge in [-0.1, -0.05) is 44.2 Å². The monoisotopic (exact) mass is 480 g/mol. The third kappa shape index (κ3) is 6.16. The largest absolute Gasteiger partial charge is 0.451 e. The van der Waals surface area contributed by atoms with Crippen molar-refractivity contribution in [2.75, 3.05) is 26.2 Å². The van der Waals surface area contributed by atoms with E-state index in [1.165, 1.54) is 11.4 Å². The standard InChI is InChI=1S/C22H28N2O6S2/c1-15-10-16(2)13-24(12-15)20(26)14-30-22(27)21-19(8-9-31-21)32(28,29)23-11-18(25)17-6-4-3-5-7-17/h3-9,15-16,18,23,25H,10-14H2,1-2H3/t15-,16-,18-/m1/s1. The van der Waals surface area contributed by atoms with Gasteiger partial charge in [-0.25, -0.2) is 17.9 Å². The molecular formula is C22H28N2O6S2. The summed E-state index contributed by atoms with van der Waals surface area (Å²) in [4.78, 5) is 26.3. The van der Waals surface area contributed by atoms with Gasteiger partial charge in [0.05, 0.1) is 6.10 Å². The highest BCUT2D eigenvalue weighted by Gasteiger charge is 2.28. The molecule has 2 aromatic rings. The van der Waals surface area contributed by atoms with Crippen LogP contribution in [0.2, 0.25) is 0 Å². The zero-order valence-corrected chi connectivity index (χ0v) is 19.7. The Kier molecular flexibility index (Phi) is 8.05. The number of rotatable bonds is 8. The summed E-state index contributed by atoms with van der Waals surface area (Å²) < 4.78 is 32.9. The second-order valence-electron chi connectivity index (χ2n) is 8.21. The molecule has 32 heavy (non-hydrogen) atoms. The highest BCUT2D eigenvalue weighted by molar-refractivity contribution is 7.89. The molecule has 174 valence electrons. The fourth-order valence-corrected chi connectivity index (χ4v) is 6.21. The number of likely N-dealkylation sites (tertiary alicyclic amines) is 1. The van der Waals surface area contributed by atoms with Gasteiger partial charge in [-0.2, -0.15) is 0 Å². The van der Waals surface area contributed by atoms with Crippen LogP contribution in [0.1, 0.15) is 41.6 Å². The number of nitrogens with one attached hydrogen (secondary N) is 1. The lowest BCUT2D eigenvalue weighted by atomic mass is 9.92. The summed E-state index contributed by atoms with van der Waals surface area (Å²) in [6, 6.07) is 9.95. The molecule has 3 atom stereocenters. The number of amides is 1. The van der Waals surface area contributed by atoms with E-state index >= 15 is 0 Å². The topological polar surface area (TPSA) is 113 Å². The highest BCUT2D eigenvalue weighted by atomic mass is 32.2. The minimum absolute atomic E-state index is 0.111. The van der Waals surface area contributed by atoms with E-state index in [2.05, 4.69) is 18.6 Å². The predicted molar refractivity (Wildman–Crippen MR) is 121 cm³/mol. The Hall–Kier alpha value is -2.27. The molecule has 8 nitrogen and oxygen atoms in total. The number of aliphatic hydroxyl groups excluding tert-OH is 1. The number of sulfonamides is 1. The van der Waals surface area contributed by atoms with E-state index in [0.717, 1.165) is 17.8 Å². The summed E-state index contributed by atoms with van der Waals surface area (Å²) in [6.45, 7) is 4.70. The van der Waals surface area contributed by atoms with Crippen LogP contribution in [-0.4, -0.2) is 56.5 Å². The Morgan fingerprint density at radius 3 is 2.50 bits per heavy atom. The molecular weight excluding hydrogens is 452 g/mol. The fraction of sp³-hybridized carbons (Fsp3) is 0.455. The van der Waals surface area contributed by atoms with Crippen LogP contribution in [0.25, 0.3) is 0 Å². The Bertz CT molecular complexity index is 1030. The Morgan fingerprint density at radius 1 is 1.19 bits per heavy atom. The fourth-order valence-electron chi connectivity index (χ4n) is 3.87. The number of carbonyl (C=O) groups excluding carboxylic acids is 2. The maximum Gasteiger partial charge on any atom is 0.350 e. The summed E-state index contributed by atoms with van der Waals surface area (Å²) in [5.41, 5.74) is 0.569. The number of nitrogens with zero attached hydrogens (tertiary/aromatic N) is 1. The van der Waals surface area contributed by atoms with Gasteiger partial charge in [0.15, 0.2) is 6.61 Å². The molecule has 2 N–H and O–H groups in total. The Morgan fingerprint density at radius 2 is 1.84 bits per heavy atom. The second kappa shape index (κ2) is 10.6. The molecule has 0 radical (unpaired) electrons. The number of hydrogen-bond acceptors (Lipinski definition) is 7. The molecule has 1 aromatic heterocycles. The summed E-state index contributed by atoms with van der Waals surface area (Å²) in [7, 11) is -4.07. The molecule has 1 aliphatic rings. The summed E-state index contributed by atoms with van der Waals surface area (Å²) in [5, 5.41) is 11.7. The average molecular weight is 481 g/mol. The Labute approximate surface area is 192 Å². The van der Waals surface area contributed by atoms with Gasteiger partial charge >= 0.3 is 5.97 Å². The molecule has 0 unspecified atom stereocenters. The SMILES string of the molecule is C[C@@H]1C[C@@H](C)CN(C(=O)COC(=O)c2sccc2S(=O)(=O)NC[C@@H](O)c2ccccc2)C1. The smallest absolute Gasteiger partial charge is 0.350 e. The molecule has 3 rings (SSSR count). The van der Waals surface area contributed by atoms with Crippen molar-refractivity contribution in [3.63, 3.8) is 0 Å². The van der Waals surface area contributed by atoms with Crippen LogP contribution in [0, 0.1) is 11.8 Å². The third-order valence-corrected chi connectivity index (χ3v) is 7.79. The molecule has 1 aromatic carbocycles. The molecule has 1 fully saturated rings. The number of esters is 1. The first-order chi connectivity index (χ1) is 15.2. The van der Waals surface area contributed by atoms with E-state index in [1.54, 1.807) is 35.2 Å². The van der Waals surface area contributed by atoms with Crippen molar-refractivity contribution in [2.24, 2.45) is 11.8 Å². The number of carbonyl (C=O) groups is 2. The van der Waals surface area contributed by atoms with Gasteiger partial charge < -0.3 is 14.7 Å². The lowest BCUT2D eigenvalue weighted by Gasteiger charge is -2.34. The van der Waals surface area contributed by atoms with E-state index < -0.39 is 28.7 Å². The molecule has 0 aliphatic carbocycles. The molecule has 1 aliphatic heterocycles. The predicted octanol–water partition coefficient (Wildman–Crippen LogP) is 2.42. The van der Waals surface area contributed by atoms with Gasteiger partial charge in [0, 0.05) is 19.6 Å². The molecule has 10 heteroatoms. The van der Waals surface area contributed by atoms with Crippen molar-refractivity contribution in [2.45, 2.75) is 31.3 Å². The van der Waals surface area contributed by atoms with Gasteiger partial charge in [-0.05, 0) is 35.3 Å². The van der Waals surface area contributed by atoms with Crippen LogP contribution in [0.3, 0.4) is 0 Å². The molecule has 1 amide bonds. The van der Waals surface area contributed by atoms with Gasteiger partial charge in [0.2, 0.25) is 10.0 Å². The van der Waals surface area contributed by atoms with Crippen LogP contribution in [0.4, 0.5) is 0 Å². The van der Waals surface area contributed by atoms with Crippen molar-refractivity contribution in [1.29, 1.82) is 0 Å². The van der Waals surface area contributed by atoms with Gasteiger partial charge in [-0.15, -0.1) is 11.3 Å². The van der Waals surface area contributed by atoms with Crippen LogP contribution < -0.4 is 4.72 Å². The van der Waals surface area contributed by atoms with Crippen molar-refractivity contribution < 1.29 is 27.9 Å². The van der Waals surface area contributed by atoms with Gasteiger partial charge in [0.25, 0.3) is 5.91 Å². The number of benzene rings is 1. The first kappa shape index (κ1) is 24.4. The lowest BCUT2D eigenvalue weighted by molar-refractivity contribution is -0.137. The number of thiophene rings is 1. The van der Waals surface area contributed by atoms with Crippen LogP contribution in [0.5, 0.6) is 0 Å². The summed E-state index contributed by atoms with van der Waals surface area (Å²) in [5.74, 6) is -0.397. The maximum absolute atomic E-state index is 12.7. The third-order valence-electron chi connectivity index (χ3n) is 5.30. The van der Waals surface area contributed by atoms with E-state index in [0.29, 0.717) is 30.5 Å². The van der Waals surface area contributed by atoms with Crippen molar-refractivity contribution in [3.05, 3.63) is 52.2 Å². The van der Waals surface area contributed by atoms with Crippen molar-refractivity contribution in [1.82, 2.24) is 9.62 Å². The molecule has 0 saturated carbocycles. The number of piperidine rings is 1. The number of hydrogen-bond donors (Lipinski definition) is 2. The van der Waals surface area contributed by atoms with Crippen LogP contribution in [-0.2, 0) is 19.6 Å². The maximum atomic E-state index is 12.7. The molecule has 2 heterocycles. The quantitative estimate of drug-likeness (QED) is 0.561. The highest BCUT2D eigenvalue weighted by Crippen LogP contribution is 2.24. The molecule has 0 bridgehead atoms. The number of aliphatic hydroxyl groups is 1. The van der Waals surface area contributed by atoms with Gasteiger partial charge in [-0.3, -0.25) is 4.79 Å². The first-order valence-electron chi connectivity index (χ1n) is 10.4. The lowest BCUT2D eigenvalue weighted by Crippen LogP contribution is -2.44. The van der Waals surface area contributed by atoms with Crippen LogP contribution >= 0.6 is 11.3 Å². The summed E-state index contributed by atoms with van der Waals surface area (Å²) >= 11 is 0.922. The van der Waals surface area contributed by atoms with E-state index in [-0.39, 0.29) is 22.2 Å². The van der Waals surface area contributed by atoms with E-state index in [1.807, 2.05) is 0 Å². The normalized spacial score (nSPS) is 20.0. The van der Waals surface area contributed by atoms with E-state index in [4.69, 9.17) is 4.74 Å². The first-order valence-corrected chi connectivity index (χ1v) is 12.8. The number of ether oxygens (including phenoxy) is 1. The second-order valence-corrected chi connectivity index (χ2v) is 10.9. The average Bonchev–Trinajstić information content (AvgIpc) is 3.27. The minimum Gasteiger partial charge on any atom is -0.451 e. The van der Waals surface area contributed by atoms with Crippen molar-refractivity contribution in [3.8, 4) is 0 Å². The zero-order valence-electron chi connectivity index (χ0n) is 18.1. The van der Waals surface area contributed by atoms with Gasteiger partial charge in [0.1, 0.15) is 9.77 Å².